The van der Waals surface area contributed by atoms with Crippen LogP contribution in [0.4, 0.5) is 0 Å². The molecule has 2 N–H and O–H groups in total. The van der Waals surface area contributed by atoms with E-state index in [0.717, 1.165) is 22.3 Å². The summed E-state index contributed by atoms with van der Waals surface area (Å²) in [6.07, 6.45) is 3.47. The molecule has 3 heteroatoms. The minimum Gasteiger partial charge on any atom is -0.459 e. The summed E-state index contributed by atoms with van der Waals surface area (Å²) in [5, 5.41) is 1.08. The van der Waals surface area contributed by atoms with Crippen LogP contribution in [0.25, 0.3) is 11.0 Å². The first-order valence-electron chi connectivity index (χ1n) is 5.48. The number of nitrogens with two attached hydrogens (primary N) is 1. The third kappa shape index (κ3) is 1.81. The minimum atomic E-state index is -0.245. The maximum Gasteiger partial charge on any atom is 0.134 e. The van der Waals surface area contributed by atoms with E-state index in [1.54, 1.807) is 12.4 Å². The van der Waals surface area contributed by atoms with E-state index >= 15 is 0 Å². The number of rotatable bonds is 2. The Morgan fingerprint density at radius 3 is 2.59 bits per heavy atom. The van der Waals surface area contributed by atoms with Crippen LogP contribution in [0.2, 0.25) is 0 Å². The van der Waals surface area contributed by atoms with Crippen LogP contribution in [-0.2, 0) is 0 Å². The molecule has 0 aliphatic carbocycles. The topological polar surface area (TPSA) is 52.0 Å². The molecule has 0 spiro atoms. The molecule has 17 heavy (non-hydrogen) atoms. The van der Waals surface area contributed by atoms with E-state index < -0.39 is 0 Å². The zero-order valence-corrected chi connectivity index (χ0v) is 9.21. The summed E-state index contributed by atoms with van der Waals surface area (Å²) in [5.41, 5.74) is 8.03. The van der Waals surface area contributed by atoms with Gasteiger partial charge in [-0.2, -0.15) is 0 Å². The van der Waals surface area contributed by atoms with Crippen LogP contribution >= 0.6 is 0 Å². The average molecular weight is 224 g/mol. The van der Waals surface area contributed by atoms with Gasteiger partial charge in [-0.1, -0.05) is 18.2 Å². The zero-order valence-electron chi connectivity index (χ0n) is 9.21. The predicted octanol–water partition coefficient (Wildman–Crippen LogP) is 2.88. The van der Waals surface area contributed by atoms with E-state index in [1.807, 2.05) is 42.5 Å². The summed E-state index contributed by atoms with van der Waals surface area (Å²) in [6, 6.07) is 13.4. The monoisotopic (exact) mass is 224 g/mol. The Morgan fingerprint density at radius 2 is 1.82 bits per heavy atom. The highest BCUT2D eigenvalue weighted by atomic mass is 16.3. The molecular formula is C14H12N2O. The van der Waals surface area contributed by atoms with Gasteiger partial charge in [-0.25, -0.2) is 0 Å². The van der Waals surface area contributed by atoms with Crippen LogP contribution in [-0.4, -0.2) is 4.98 Å². The van der Waals surface area contributed by atoms with E-state index in [0.29, 0.717) is 0 Å². The molecule has 0 aliphatic rings. The Morgan fingerprint density at radius 1 is 1.06 bits per heavy atom. The molecule has 0 saturated heterocycles. The fraction of sp³-hybridized carbons (Fsp3) is 0.0714. The number of nitrogens with zero attached hydrogens (tertiary/aromatic N) is 1. The van der Waals surface area contributed by atoms with Crippen molar-refractivity contribution in [2.75, 3.05) is 0 Å². The number of hydrogen-bond donors (Lipinski definition) is 1. The second kappa shape index (κ2) is 4.03. The molecular weight excluding hydrogens is 212 g/mol. The quantitative estimate of drug-likeness (QED) is 0.728. The molecule has 2 aromatic heterocycles. The minimum absolute atomic E-state index is 0.245. The van der Waals surface area contributed by atoms with Crippen LogP contribution in [0.5, 0.6) is 0 Å². The van der Waals surface area contributed by atoms with E-state index in [-0.39, 0.29) is 6.04 Å². The van der Waals surface area contributed by atoms with Crippen molar-refractivity contribution in [1.29, 1.82) is 0 Å². The van der Waals surface area contributed by atoms with Crippen molar-refractivity contribution in [1.82, 2.24) is 4.98 Å². The predicted molar refractivity (Wildman–Crippen MR) is 66.5 cm³/mol. The third-order valence-corrected chi connectivity index (χ3v) is 2.82. The van der Waals surface area contributed by atoms with Crippen LogP contribution in [0.3, 0.4) is 0 Å². The molecule has 0 aliphatic heterocycles. The maximum absolute atomic E-state index is 6.16. The maximum atomic E-state index is 6.16. The molecule has 3 nitrogen and oxygen atoms in total. The highest BCUT2D eigenvalue weighted by Crippen LogP contribution is 2.26. The first kappa shape index (κ1) is 10.1. The number of hydrogen-bond acceptors (Lipinski definition) is 3. The summed E-state index contributed by atoms with van der Waals surface area (Å²) >= 11 is 0. The van der Waals surface area contributed by atoms with Gasteiger partial charge in [0.2, 0.25) is 0 Å². The Balaban J connectivity index is 2.04. The van der Waals surface area contributed by atoms with Crippen molar-refractivity contribution in [3.8, 4) is 0 Å². The summed E-state index contributed by atoms with van der Waals surface area (Å²) in [5.74, 6) is 0.775. The number of furan rings is 1. The van der Waals surface area contributed by atoms with Crippen LogP contribution in [0.15, 0.2) is 59.3 Å². The lowest BCUT2D eigenvalue weighted by Crippen LogP contribution is -2.10. The Kier molecular flexibility index (Phi) is 2.38. The van der Waals surface area contributed by atoms with E-state index in [4.69, 9.17) is 10.2 Å². The third-order valence-electron chi connectivity index (χ3n) is 2.82. The van der Waals surface area contributed by atoms with Crippen molar-refractivity contribution in [3.63, 3.8) is 0 Å². The molecule has 1 aromatic carbocycles. The Bertz CT molecular complexity index is 598. The molecule has 0 saturated carbocycles. The lowest BCUT2D eigenvalue weighted by Gasteiger charge is -2.07. The van der Waals surface area contributed by atoms with Gasteiger partial charge in [0.25, 0.3) is 0 Å². The normalized spacial score (nSPS) is 12.8. The molecule has 0 fully saturated rings. The highest BCUT2D eigenvalue weighted by Gasteiger charge is 2.13. The lowest BCUT2D eigenvalue weighted by molar-refractivity contribution is 0.525. The van der Waals surface area contributed by atoms with E-state index in [2.05, 4.69) is 4.98 Å². The van der Waals surface area contributed by atoms with E-state index in [9.17, 15) is 0 Å². The van der Waals surface area contributed by atoms with Gasteiger partial charge in [0.15, 0.2) is 0 Å². The van der Waals surface area contributed by atoms with Gasteiger partial charge in [-0.15, -0.1) is 0 Å². The molecule has 0 amide bonds. The SMILES string of the molecule is N[C@@H](c1ccncc1)c1cc2ccccc2o1. The first-order valence-corrected chi connectivity index (χ1v) is 5.48. The first-order chi connectivity index (χ1) is 8.34. The van der Waals surface area contributed by atoms with Gasteiger partial charge >= 0.3 is 0 Å². The molecule has 1 atom stereocenters. The van der Waals surface area contributed by atoms with Crippen LogP contribution < -0.4 is 5.73 Å². The highest BCUT2D eigenvalue weighted by molar-refractivity contribution is 5.77. The number of aromatic nitrogens is 1. The second-order valence-corrected chi connectivity index (χ2v) is 3.94. The second-order valence-electron chi connectivity index (χ2n) is 3.94. The van der Waals surface area contributed by atoms with Crippen LogP contribution in [0.1, 0.15) is 17.4 Å². The summed E-state index contributed by atoms with van der Waals surface area (Å²) in [4.78, 5) is 3.98. The van der Waals surface area contributed by atoms with Crippen molar-refractivity contribution < 1.29 is 4.42 Å². The smallest absolute Gasteiger partial charge is 0.134 e. The van der Waals surface area contributed by atoms with Gasteiger partial charge in [0.1, 0.15) is 11.3 Å². The molecule has 3 rings (SSSR count). The fourth-order valence-electron chi connectivity index (χ4n) is 1.89. The standard InChI is InChI=1S/C14H12N2O/c15-14(10-5-7-16-8-6-10)13-9-11-3-1-2-4-12(11)17-13/h1-9,14H,15H2/t14-/m0/s1. The molecule has 3 aromatic rings. The van der Waals surface area contributed by atoms with Crippen molar-refractivity contribution >= 4 is 11.0 Å². The van der Waals surface area contributed by atoms with Crippen LogP contribution in [0, 0.1) is 0 Å². The van der Waals surface area contributed by atoms with E-state index in [1.165, 1.54) is 0 Å². The Labute approximate surface area is 98.9 Å². The number of para-hydroxylation sites is 1. The largest absolute Gasteiger partial charge is 0.459 e. The van der Waals surface area contributed by atoms with Crippen molar-refractivity contribution in [2.24, 2.45) is 5.73 Å². The van der Waals surface area contributed by atoms with Crippen molar-refractivity contribution in [3.05, 3.63) is 66.2 Å². The fourth-order valence-corrected chi connectivity index (χ4v) is 1.89. The average Bonchev–Trinajstić information content (AvgIpc) is 2.82. The Hall–Kier alpha value is -2.13. The number of pyridine rings is 1. The lowest BCUT2D eigenvalue weighted by atomic mass is 10.1. The molecule has 84 valence electrons. The van der Waals surface area contributed by atoms with Gasteiger partial charge < -0.3 is 10.2 Å². The van der Waals surface area contributed by atoms with Gasteiger partial charge in [0, 0.05) is 17.8 Å². The number of benzene rings is 1. The van der Waals surface area contributed by atoms with Gasteiger partial charge in [-0.3, -0.25) is 4.98 Å². The summed E-state index contributed by atoms with van der Waals surface area (Å²) in [6.45, 7) is 0. The van der Waals surface area contributed by atoms with Gasteiger partial charge in [0.05, 0.1) is 6.04 Å². The van der Waals surface area contributed by atoms with Gasteiger partial charge in [-0.05, 0) is 29.8 Å². The summed E-state index contributed by atoms with van der Waals surface area (Å²) < 4.78 is 5.74. The molecule has 0 radical (unpaired) electrons. The molecule has 0 unspecified atom stereocenters. The zero-order chi connectivity index (χ0) is 11.7. The molecule has 0 bridgehead atoms. The summed E-state index contributed by atoms with van der Waals surface area (Å²) in [7, 11) is 0. The van der Waals surface area contributed by atoms with Crippen molar-refractivity contribution in [2.45, 2.75) is 6.04 Å². The number of fused-ring (bicyclic) bond motifs is 1. The molecule has 2 heterocycles.